The zero-order valence-corrected chi connectivity index (χ0v) is 21.3. The summed E-state index contributed by atoms with van der Waals surface area (Å²) in [4.78, 5) is 0. The maximum absolute atomic E-state index is 6.76. The Kier molecular flexibility index (Phi) is 8.74. The molecule has 0 aromatic heterocycles. The summed E-state index contributed by atoms with van der Waals surface area (Å²) >= 11 is 0. The van der Waals surface area contributed by atoms with Gasteiger partial charge in [0.25, 0.3) is 0 Å². The number of hydrogen-bond donors (Lipinski definition) is 0. The van der Waals surface area contributed by atoms with Crippen molar-refractivity contribution >= 4 is 30.4 Å². The van der Waals surface area contributed by atoms with Crippen LogP contribution in [0.3, 0.4) is 0 Å². The second-order valence-corrected chi connectivity index (χ2v) is 20.2. The fourth-order valence-corrected chi connectivity index (χ4v) is 16.8. The van der Waals surface area contributed by atoms with Gasteiger partial charge in [0.05, 0.1) is 0 Å². The zero-order chi connectivity index (χ0) is 20.0. The summed E-state index contributed by atoms with van der Waals surface area (Å²) in [5.41, 5.74) is 3.51. The van der Waals surface area contributed by atoms with Gasteiger partial charge < -0.3 is 8.23 Å². The minimum atomic E-state index is -2.22. The van der Waals surface area contributed by atoms with E-state index < -0.39 is 25.2 Å². The third-order valence-corrected chi connectivity index (χ3v) is 17.0. The van der Waals surface area contributed by atoms with E-state index in [9.17, 15) is 0 Å². The van der Waals surface area contributed by atoms with Crippen LogP contribution in [0.25, 0.3) is 0 Å². The average molecular weight is 409 g/mol. The lowest BCUT2D eigenvalue weighted by molar-refractivity contribution is 0.396. The fraction of sp³-hybridized carbons (Fsp3) is 0.619. The Morgan fingerprint density at radius 3 is 2.04 bits per heavy atom. The van der Waals surface area contributed by atoms with Crippen molar-refractivity contribution in [2.75, 3.05) is 0 Å². The minimum Gasteiger partial charge on any atom is -0.433 e. The molecule has 26 heavy (non-hydrogen) atoms. The van der Waals surface area contributed by atoms with Gasteiger partial charge in [-0.1, -0.05) is 63.6 Å². The number of rotatable bonds is 11. The van der Waals surface area contributed by atoms with E-state index in [1.807, 2.05) is 0 Å². The third kappa shape index (κ3) is 6.93. The Labute approximate surface area is 165 Å². The van der Waals surface area contributed by atoms with Crippen LogP contribution in [0.15, 0.2) is 36.5 Å². The van der Waals surface area contributed by atoms with E-state index in [0.717, 1.165) is 6.04 Å². The van der Waals surface area contributed by atoms with Crippen molar-refractivity contribution in [3.05, 3.63) is 42.1 Å². The van der Waals surface area contributed by atoms with Gasteiger partial charge in [-0.15, -0.1) is 6.58 Å². The summed E-state index contributed by atoms with van der Waals surface area (Å²) in [6.45, 7) is 22.1. The molecule has 0 aliphatic carbocycles. The minimum absolute atomic E-state index is 0.613. The van der Waals surface area contributed by atoms with E-state index in [-0.39, 0.29) is 0 Å². The van der Waals surface area contributed by atoms with E-state index in [1.54, 1.807) is 0 Å². The molecule has 0 saturated carbocycles. The predicted octanol–water partition coefficient (Wildman–Crippen LogP) is 6.45. The van der Waals surface area contributed by atoms with Gasteiger partial charge >= 0.3 is 8.56 Å². The fourth-order valence-electron chi connectivity index (χ4n) is 3.43. The van der Waals surface area contributed by atoms with Crippen LogP contribution < -0.4 is 5.19 Å². The summed E-state index contributed by atoms with van der Waals surface area (Å²) in [6.07, 6.45) is 3.58. The van der Waals surface area contributed by atoms with Gasteiger partial charge in [0.2, 0.25) is 16.6 Å². The summed E-state index contributed by atoms with van der Waals surface area (Å²) in [5, 5.41) is 1.35. The smallest absolute Gasteiger partial charge is 0.311 e. The molecule has 0 spiro atoms. The first-order valence-corrected chi connectivity index (χ1v) is 18.5. The Morgan fingerprint density at radius 1 is 1.00 bits per heavy atom. The molecule has 2 atom stereocenters. The van der Waals surface area contributed by atoms with E-state index >= 15 is 0 Å². The van der Waals surface area contributed by atoms with Crippen LogP contribution in [-0.2, 0) is 8.23 Å². The Morgan fingerprint density at radius 2 is 1.58 bits per heavy atom. The lowest BCUT2D eigenvalue weighted by atomic mass is 9.99. The molecule has 0 saturated heterocycles. The number of hydrogen-bond acceptors (Lipinski definition) is 2. The summed E-state index contributed by atoms with van der Waals surface area (Å²) < 4.78 is 13.4. The quantitative estimate of drug-likeness (QED) is 0.392. The molecule has 0 heterocycles. The maximum atomic E-state index is 6.76. The molecule has 0 radical (unpaired) electrons. The topological polar surface area (TPSA) is 18.5 Å². The molecule has 0 N–H and O–H groups in total. The second-order valence-electron chi connectivity index (χ2n) is 8.67. The summed E-state index contributed by atoms with van der Waals surface area (Å²) in [5.74, 6) is 0.613. The van der Waals surface area contributed by atoms with Crippen molar-refractivity contribution in [3.8, 4) is 0 Å². The molecule has 0 amide bonds. The highest BCUT2D eigenvalue weighted by molar-refractivity contribution is 6.94. The normalized spacial score (nSPS) is 16.2. The summed E-state index contributed by atoms with van der Waals surface area (Å²) in [6, 6.07) is 10.2. The lowest BCUT2D eigenvalue weighted by Gasteiger charge is -2.39. The zero-order valence-electron chi connectivity index (χ0n) is 18.3. The van der Waals surface area contributed by atoms with Gasteiger partial charge in [-0.2, -0.15) is 0 Å². The monoisotopic (exact) mass is 408 g/mol. The Balaban J connectivity index is 2.90. The molecule has 2 nitrogen and oxygen atoms in total. The molecule has 0 bridgehead atoms. The van der Waals surface area contributed by atoms with Crippen molar-refractivity contribution in [3.63, 3.8) is 0 Å². The van der Waals surface area contributed by atoms with Crippen LogP contribution in [0.4, 0.5) is 0 Å². The molecular weight excluding hydrogens is 368 g/mol. The SMILES string of the molecule is C=C[Si](C)(CCCC)O[Si](C)(C)O[Si](C)(C)c1ccc(C(C)CC)cc1. The van der Waals surface area contributed by atoms with Crippen LogP contribution in [0.5, 0.6) is 0 Å². The molecule has 1 rings (SSSR count). The van der Waals surface area contributed by atoms with Gasteiger partial charge in [0.1, 0.15) is 0 Å². The van der Waals surface area contributed by atoms with Crippen LogP contribution in [-0.4, -0.2) is 25.2 Å². The van der Waals surface area contributed by atoms with E-state index in [1.165, 1.54) is 30.0 Å². The van der Waals surface area contributed by atoms with Gasteiger partial charge in [-0.25, -0.2) is 0 Å². The van der Waals surface area contributed by atoms with Crippen LogP contribution in [0.1, 0.15) is 51.5 Å². The van der Waals surface area contributed by atoms with Gasteiger partial charge in [0.15, 0.2) is 0 Å². The molecule has 0 aliphatic rings. The van der Waals surface area contributed by atoms with Gasteiger partial charge in [-0.05, 0) is 61.9 Å². The molecule has 1 aromatic carbocycles. The van der Waals surface area contributed by atoms with Crippen molar-refractivity contribution in [1.29, 1.82) is 0 Å². The van der Waals surface area contributed by atoms with Crippen LogP contribution in [0.2, 0.25) is 38.8 Å². The van der Waals surface area contributed by atoms with Crippen LogP contribution in [0, 0.1) is 0 Å². The van der Waals surface area contributed by atoms with E-state index in [0.29, 0.717) is 5.92 Å². The number of unbranched alkanes of at least 4 members (excludes halogenated alkanes) is 1. The first-order valence-electron chi connectivity index (χ1n) is 10.1. The Hall–Kier alpha value is -0.469. The molecule has 2 unspecified atom stereocenters. The first kappa shape index (κ1) is 23.6. The molecule has 0 fully saturated rings. The van der Waals surface area contributed by atoms with Crippen molar-refractivity contribution in [2.45, 2.75) is 84.7 Å². The highest BCUT2D eigenvalue weighted by Crippen LogP contribution is 2.25. The average Bonchev–Trinajstić information content (AvgIpc) is 2.58. The number of benzene rings is 1. The van der Waals surface area contributed by atoms with E-state index in [4.69, 9.17) is 8.23 Å². The molecule has 0 aliphatic heterocycles. The highest BCUT2D eigenvalue weighted by Gasteiger charge is 2.41. The maximum Gasteiger partial charge on any atom is 0.311 e. The molecule has 148 valence electrons. The molecule has 1 aromatic rings. The van der Waals surface area contributed by atoms with Crippen molar-refractivity contribution in [1.82, 2.24) is 0 Å². The lowest BCUT2D eigenvalue weighted by Crippen LogP contribution is -2.57. The standard InChI is InChI=1S/C21H40O2Si3/c1-10-13-18-26(9,12-3)23-25(7,8)22-24(5,6)21-16-14-20(15-17-21)19(4)11-2/h12,14-17,19H,3,10-11,13,18H2,1-2,4-9H3. The predicted molar refractivity (Wildman–Crippen MR) is 123 cm³/mol. The largest absolute Gasteiger partial charge is 0.433 e. The van der Waals surface area contributed by atoms with Gasteiger partial charge in [-0.3, -0.25) is 0 Å². The van der Waals surface area contributed by atoms with E-state index in [2.05, 4.69) is 90.0 Å². The summed E-state index contributed by atoms with van der Waals surface area (Å²) in [7, 11) is -6.11. The first-order chi connectivity index (χ1) is 12.0. The third-order valence-electron chi connectivity index (χ3n) is 5.23. The van der Waals surface area contributed by atoms with Crippen molar-refractivity contribution < 1.29 is 8.23 Å². The molecular formula is C21H40O2Si3. The Bertz CT molecular complexity index is 569. The molecule has 5 heteroatoms. The van der Waals surface area contributed by atoms with Gasteiger partial charge in [0, 0.05) is 0 Å². The van der Waals surface area contributed by atoms with Crippen molar-refractivity contribution in [2.24, 2.45) is 0 Å². The van der Waals surface area contributed by atoms with Crippen LogP contribution >= 0.6 is 0 Å². The highest BCUT2D eigenvalue weighted by atomic mass is 28.5. The second kappa shape index (κ2) is 9.64.